The minimum absolute atomic E-state index is 0.0819. The van der Waals surface area contributed by atoms with E-state index in [-0.39, 0.29) is 16.4 Å². The van der Waals surface area contributed by atoms with E-state index in [2.05, 4.69) is 43.6 Å². The molecule has 1 aromatic heterocycles. The van der Waals surface area contributed by atoms with Crippen molar-refractivity contribution in [3.8, 4) is 5.75 Å². The van der Waals surface area contributed by atoms with Gasteiger partial charge in [-0.2, -0.15) is 0 Å². The Balaban J connectivity index is 1.87. The minimum Gasteiger partial charge on any atom is -0.492 e. The molecular formula is C17H24N2O3S2. The number of rotatable bonds is 7. The average molecular weight is 369 g/mol. The van der Waals surface area contributed by atoms with Crippen molar-refractivity contribution < 1.29 is 13.2 Å². The molecule has 7 heteroatoms. The van der Waals surface area contributed by atoms with Gasteiger partial charge in [0, 0.05) is 17.5 Å². The molecule has 24 heavy (non-hydrogen) atoms. The summed E-state index contributed by atoms with van der Waals surface area (Å²) in [5, 5.41) is 10.7. The number of hydrogen-bond donors (Lipinski definition) is 2. The molecule has 0 saturated heterocycles. The number of primary sulfonamides is 1. The van der Waals surface area contributed by atoms with Crippen molar-refractivity contribution in [2.24, 2.45) is 10.6 Å². The van der Waals surface area contributed by atoms with Crippen molar-refractivity contribution in [1.29, 1.82) is 0 Å². The van der Waals surface area contributed by atoms with E-state index >= 15 is 0 Å². The Labute approximate surface area is 147 Å². The SMILES string of the molecule is CC(C)(C)C(NCCOc1ccc(S(N)(=O)=O)cc1)c1cccs1. The Bertz CT molecular complexity index is 733. The molecule has 0 radical (unpaired) electrons. The van der Waals surface area contributed by atoms with Crippen molar-refractivity contribution >= 4 is 21.4 Å². The van der Waals surface area contributed by atoms with Gasteiger partial charge in [0.25, 0.3) is 0 Å². The van der Waals surface area contributed by atoms with Gasteiger partial charge in [0.1, 0.15) is 12.4 Å². The molecule has 1 heterocycles. The van der Waals surface area contributed by atoms with Crippen LogP contribution in [0.15, 0.2) is 46.7 Å². The summed E-state index contributed by atoms with van der Waals surface area (Å²) in [6.07, 6.45) is 0. The number of hydrogen-bond acceptors (Lipinski definition) is 5. The lowest BCUT2D eigenvalue weighted by Gasteiger charge is -2.31. The highest BCUT2D eigenvalue weighted by molar-refractivity contribution is 7.89. The van der Waals surface area contributed by atoms with Crippen LogP contribution in [0, 0.1) is 5.41 Å². The van der Waals surface area contributed by atoms with Crippen molar-refractivity contribution in [2.75, 3.05) is 13.2 Å². The van der Waals surface area contributed by atoms with E-state index in [4.69, 9.17) is 9.88 Å². The molecule has 0 spiro atoms. The summed E-state index contributed by atoms with van der Waals surface area (Å²) >= 11 is 1.74. The second-order valence-corrected chi connectivity index (χ2v) is 9.17. The van der Waals surface area contributed by atoms with E-state index in [0.29, 0.717) is 18.9 Å². The summed E-state index contributed by atoms with van der Waals surface area (Å²) < 4.78 is 28.1. The van der Waals surface area contributed by atoms with Gasteiger partial charge in [-0.15, -0.1) is 11.3 Å². The van der Waals surface area contributed by atoms with Crippen LogP contribution in [0.3, 0.4) is 0 Å². The van der Waals surface area contributed by atoms with Crippen LogP contribution in [0.5, 0.6) is 5.75 Å². The highest BCUT2D eigenvalue weighted by atomic mass is 32.2. The van der Waals surface area contributed by atoms with Gasteiger partial charge >= 0.3 is 0 Å². The quantitative estimate of drug-likeness (QED) is 0.736. The van der Waals surface area contributed by atoms with Crippen molar-refractivity contribution in [3.63, 3.8) is 0 Å². The zero-order valence-corrected chi connectivity index (χ0v) is 15.8. The average Bonchev–Trinajstić information content (AvgIpc) is 2.99. The van der Waals surface area contributed by atoms with Crippen LogP contribution in [-0.2, 0) is 10.0 Å². The first kappa shape index (κ1) is 18.9. The minimum atomic E-state index is -3.66. The highest BCUT2D eigenvalue weighted by Crippen LogP contribution is 2.34. The fourth-order valence-corrected chi connectivity index (χ4v) is 3.95. The van der Waals surface area contributed by atoms with Crippen molar-refractivity contribution in [3.05, 3.63) is 46.7 Å². The molecule has 0 aliphatic heterocycles. The third kappa shape index (κ3) is 5.31. The standard InChI is InChI=1S/C17H24N2O3S2/c1-17(2,3)16(15-5-4-12-23-15)19-10-11-22-13-6-8-14(9-7-13)24(18,20)21/h4-9,12,16,19H,10-11H2,1-3H3,(H2,18,20,21). The van der Waals surface area contributed by atoms with Gasteiger partial charge < -0.3 is 10.1 Å². The number of ether oxygens (including phenoxy) is 1. The zero-order chi connectivity index (χ0) is 17.8. The van der Waals surface area contributed by atoms with Gasteiger partial charge in [-0.05, 0) is 41.1 Å². The Morgan fingerprint density at radius 1 is 1.21 bits per heavy atom. The molecule has 0 saturated carbocycles. The fourth-order valence-electron chi connectivity index (χ4n) is 2.39. The monoisotopic (exact) mass is 368 g/mol. The molecule has 1 atom stereocenters. The summed E-state index contributed by atoms with van der Waals surface area (Å²) in [5.74, 6) is 0.618. The Morgan fingerprint density at radius 3 is 2.38 bits per heavy atom. The maximum atomic E-state index is 11.2. The predicted molar refractivity (Wildman–Crippen MR) is 97.8 cm³/mol. The normalized spacial score (nSPS) is 13.7. The molecule has 2 aromatic rings. The Kier molecular flexibility index (Phi) is 6.03. The molecule has 3 N–H and O–H groups in total. The first-order valence-electron chi connectivity index (χ1n) is 7.70. The van der Waals surface area contributed by atoms with E-state index in [9.17, 15) is 8.42 Å². The van der Waals surface area contributed by atoms with Crippen LogP contribution in [0.1, 0.15) is 31.7 Å². The predicted octanol–water partition coefficient (Wildman–Crippen LogP) is 3.15. The lowest BCUT2D eigenvalue weighted by Crippen LogP contribution is -2.34. The summed E-state index contributed by atoms with van der Waals surface area (Å²) in [7, 11) is -3.66. The third-order valence-corrected chi connectivity index (χ3v) is 5.43. The molecule has 0 aliphatic carbocycles. The Hall–Kier alpha value is -1.41. The number of thiophene rings is 1. The van der Waals surface area contributed by atoms with Crippen molar-refractivity contribution in [2.45, 2.75) is 31.7 Å². The number of sulfonamides is 1. The highest BCUT2D eigenvalue weighted by Gasteiger charge is 2.26. The summed E-state index contributed by atoms with van der Waals surface area (Å²) in [6, 6.07) is 10.6. The van der Waals surface area contributed by atoms with Gasteiger partial charge in [-0.25, -0.2) is 13.6 Å². The lowest BCUT2D eigenvalue weighted by atomic mass is 9.86. The summed E-state index contributed by atoms with van der Waals surface area (Å²) in [5.41, 5.74) is 0.0992. The van der Waals surface area contributed by atoms with E-state index in [0.717, 1.165) is 0 Å². The molecule has 132 valence electrons. The van der Waals surface area contributed by atoms with Gasteiger partial charge in [0.2, 0.25) is 10.0 Å². The molecule has 0 amide bonds. The maximum absolute atomic E-state index is 11.2. The third-order valence-electron chi connectivity index (χ3n) is 3.57. The van der Waals surface area contributed by atoms with Crippen LogP contribution in [0.25, 0.3) is 0 Å². The molecule has 2 rings (SSSR count). The van der Waals surface area contributed by atoms with E-state index < -0.39 is 10.0 Å². The summed E-state index contributed by atoms with van der Waals surface area (Å²) in [6.45, 7) is 7.80. The number of nitrogens with two attached hydrogens (primary N) is 1. The van der Waals surface area contributed by atoms with Crippen LogP contribution < -0.4 is 15.2 Å². The smallest absolute Gasteiger partial charge is 0.238 e. The second kappa shape index (κ2) is 7.65. The molecule has 1 unspecified atom stereocenters. The maximum Gasteiger partial charge on any atom is 0.238 e. The van der Waals surface area contributed by atoms with Crippen LogP contribution >= 0.6 is 11.3 Å². The van der Waals surface area contributed by atoms with Crippen molar-refractivity contribution in [1.82, 2.24) is 5.32 Å². The van der Waals surface area contributed by atoms with E-state index in [1.807, 2.05) is 0 Å². The topological polar surface area (TPSA) is 81.4 Å². The van der Waals surface area contributed by atoms with E-state index in [1.165, 1.54) is 17.0 Å². The molecule has 5 nitrogen and oxygen atoms in total. The largest absolute Gasteiger partial charge is 0.492 e. The van der Waals surface area contributed by atoms with E-state index in [1.54, 1.807) is 23.5 Å². The summed E-state index contributed by atoms with van der Waals surface area (Å²) in [4.78, 5) is 1.39. The number of benzene rings is 1. The zero-order valence-electron chi connectivity index (χ0n) is 14.2. The van der Waals surface area contributed by atoms with Crippen LogP contribution in [-0.4, -0.2) is 21.6 Å². The molecule has 0 fully saturated rings. The first-order valence-corrected chi connectivity index (χ1v) is 10.1. The number of nitrogens with one attached hydrogen (secondary N) is 1. The fraction of sp³-hybridized carbons (Fsp3) is 0.412. The molecule has 1 aromatic carbocycles. The molecular weight excluding hydrogens is 344 g/mol. The van der Waals surface area contributed by atoms with Gasteiger partial charge in [-0.3, -0.25) is 0 Å². The van der Waals surface area contributed by atoms with Gasteiger partial charge in [0.15, 0.2) is 0 Å². The molecule has 0 bridgehead atoms. The van der Waals surface area contributed by atoms with Gasteiger partial charge in [-0.1, -0.05) is 26.8 Å². The van der Waals surface area contributed by atoms with Gasteiger partial charge in [0.05, 0.1) is 4.90 Å². The molecule has 0 aliphatic rings. The Morgan fingerprint density at radius 2 is 1.88 bits per heavy atom. The van der Waals surface area contributed by atoms with Crippen LogP contribution in [0.2, 0.25) is 0 Å². The van der Waals surface area contributed by atoms with Crippen LogP contribution in [0.4, 0.5) is 0 Å². The second-order valence-electron chi connectivity index (χ2n) is 6.63. The lowest BCUT2D eigenvalue weighted by molar-refractivity contribution is 0.247. The first-order chi connectivity index (χ1) is 11.2.